The van der Waals surface area contributed by atoms with Gasteiger partial charge in [-0.1, -0.05) is 47.6 Å². The number of hydrogen-bond acceptors (Lipinski definition) is 0. The van der Waals surface area contributed by atoms with Crippen molar-refractivity contribution in [3.05, 3.63) is 47.6 Å². The highest BCUT2D eigenvalue weighted by Gasteiger charge is 1.90. The summed E-state index contributed by atoms with van der Waals surface area (Å²) in [5, 5.41) is 0. The highest BCUT2D eigenvalue weighted by atomic mass is 14.0. The predicted octanol–water partition coefficient (Wildman–Crippen LogP) is 5.59. The molecule has 0 amide bonds. The van der Waals surface area contributed by atoms with Crippen molar-refractivity contribution in [3.8, 4) is 0 Å². The van der Waals surface area contributed by atoms with Gasteiger partial charge in [0.15, 0.2) is 0 Å². The molecule has 0 aromatic heterocycles. The van der Waals surface area contributed by atoms with E-state index in [4.69, 9.17) is 0 Å². The molecule has 0 bridgehead atoms. The maximum atomic E-state index is 3.70. The number of rotatable bonds is 7. The second-order valence-corrected chi connectivity index (χ2v) is 4.66. The van der Waals surface area contributed by atoms with Gasteiger partial charge in [0, 0.05) is 0 Å². The number of hydrogen-bond donors (Lipinski definition) is 0. The second kappa shape index (κ2) is 9.21. The molecule has 0 spiro atoms. The van der Waals surface area contributed by atoms with Crippen LogP contribution in [0.2, 0.25) is 0 Å². The Kier molecular flexibility index (Phi) is 8.61. The van der Waals surface area contributed by atoms with Crippen LogP contribution < -0.4 is 0 Å². The predicted molar refractivity (Wildman–Crippen MR) is 75.6 cm³/mol. The van der Waals surface area contributed by atoms with E-state index >= 15 is 0 Å². The van der Waals surface area contributed by atoms with Crippen molar-refractivity contribution in [2.45, 2.75) is 53.4 Å². The van der Waals surface area contributed by atoms with Crippen LogP contribution in [0.15, 0.2) is 47.6 Å². The van der Waals surface area contributed by atoms with Gasteiger partial charge in [0.2, 0.25) is 0 Å². The molecule has 0 saturated carbocycles. The van der Waals surface area contributed by atoms with Gasteiger partial charge in [-0.2, -0.15) is 0 Å². The standard InChI is InChI=1S/C16H26/c1-6-9-15(4)12-8-13-16(5)11-7-10-14(2)3/h6,9-10,13H,1,7-8,11-12H2,2-5H3/b15-9-,16-13+. The Morgan fingerprint density at radius 2 is 1.44 bits per heavy atom. The van der Waals surface area contributed by atoms with E-state index in [0.717, 1.165) is 12.8 Å². The lowest BCUT2D eigenvalue weighted by Crippen LogP contribution is -1.80. The first-order chi connectivity index (χ1) is 7.56. The quantitative estimate of drug-likeness (QED) is 0.386. The van der Waals surface area contributed by atoms with Gasteiger partial charge in [-0.05, 0) is 53.4 Å². The monoisotopic (exact) mass is 218 g/mol. The van der Waals surface area contributed by atoms with E-state index < -0.39 is 0 Å². The first kappa shape index (κ1) is 15.0. The van der Waals surface area contributed by atoms with Crippen LogP contribution in [0.1, 0.15) is 53.4 Å². The zero-order chi connectivity index (χ0) is 12.4. The Labute approximate surface area is 101 Å². The van der Waals surface area contributed by atoms with Crippen molar-refractivity contribution in [1.82, 2.24) is 0 Å². The highest BCUT2D eigenvalue weighted by Crippen LogP contribution is 2.11. The third-order valence-corrected chi connectivity index (χ3v) is 2.53. The zero-order valence-corrected chi connectivity index (χ0v) is 11.3. The largest absolute Gasteiger partial charge is 0.0991 e. The fourth-order valence-electron chi connectivity index (χ4n) is 1.52. The third kappa shape index (κ3) is 9.51. The Hall–Kier alpha value is -1.04. The fraction of sp³-hybridized carbons (Fsp3) is 0.500. The Morgan fingerprint density at radius 1 is 0.875 bits per heavy atom. The minimum Gasteiger partial charge on any atom is -0.0991 e. The van der Waals surface area contributed by atoms with Crippen molar-refractivity contribution >= 4 is 0 Å². The van der Waals surface area contributed by atoms with Crippen LogP contribution in [0.5, 0.6) is 0 Å². The van der Waals surface area contributed by atoms with Gasteiger partial charge in [0.1, 0.15) is 0 Å². The molecular formula is C16H26. The molecule has 16 heavy (non-hydrogen) atoms. The van der Waals surface area contributed by atoms with E-state index in [9.17, 15) is 0 Å². The lowest BCUT2D eigenvalue weighted by Gasteiger charge is -2.00. The van der Waals surface area contributed by atoms with Crippen LogP contribution in [0.25, 0.3) is 0 Å². The molecule has 0 atom stereocenters. The van der Waals surface area contributed by atoms with Crippen molar-refractivity contribution in [3.63, 3.8) is 0 Å². The van der Waals surface area contributed by atoms with Gasteiger partial charge in [-0.25, -0.2) is 0 Å². The normalized spacial score (nSPS) is 12.5. The zero-order valence-electron chi connectivity index (χ0n) is 11.3. The van der Waals surface area contributed by atoms with Gasteiger partial charge in [0.05, 0.1) is 0 Å². The lowest BCUT2D eigenvalue weighted by atomic mass is 10.1. The SMILES string of the molecule is C=C/C=C(/C)CC/C=C(\C)CCC=C(C)C. The van der Waals surface area contributed by atoms with E-state index in [1.165, 1.54) is 29.6 Å². The van der Waals surface area contributed by atoms with E-state index in [2.05, 4.69) is 52.5 Å². The molecule has 0 aliphatic carbocycles. The van der Waals surface area contributed by atoms with Crippen molar-refractivity contribution < 1.29 is 0 Å². The molecule has 0 radical (unpaired) electrons. The van der Waals surface area contributed by atoms with Crippen LogP contribution in [-0.4, -0.2) is 0 Å². The van der Waals surface area contributed by atoms with Crippen molar-refractivity contribution in [2.24, 2.45) is 0 Å². The van der Waals surface area contributed by atoms with Crippen LogP contribution in [-0.2, 0) is 0 Å². The van der Waals surface area contributed by atoms with Crippen LogP contribution >= 0.6 is 0 Å². The molecule has 0 nitrogen and oxygen atoms in total. The smallest absolute Gasteiger partial charge is 0.0285 e. The summed E-state index contributed by atoms with van der Waals surface area (Å²) in [6.07, 6.45) is 13.3. The van der Waals surface area contributed by atoms with E-state index in [0.29, 0.717) is 0 Å². The minimum atomic E-state index is 1.14. The van der Waals surface area contributed by atoms with E-state index in [-0.39, 0.29) is 0 Å². The molecule has 0 aromatic rings. The summed E-state index contributed by atoms with van der Waals surface area (Å²) in [5.74, 6) is 0. The van der Waals surface area contributed by atoms with Gasteiger partial charge in [-0.3, -0.25) is 0 Å². The maximum absolute atomic E-state index is 3.70. The third-order valence-electron chi connectivity index (χ3n) is 2.53. The van der Waals surface area contributed by atoms with E-state index in [1.54, 1.807) is 0 Å². The minimum absolute atomic E-state index is 1.14. The molecule has 0 fully saturated rings. The lowest BCUT2D eigenvalue weighted by molar-refractivity contribution is 0.918. The summed E-state index contributed by atoms with van der Waals surface area (Å²) in [6, 6.07) is 0. The Morgan fingerprint density at radius 3 is 2.00 bits per heavy atom. The molecule has 0 saturated heterocycles. The topological polar surface area (TPSA) is 0 Å². The highest BCUT2D eigenvalue weighted by molar-refractivity contribution is 5.09. The summed E-state index contributed by atoms with van der Waals surface area (Å²) >= 11 is 0. The van der Waals surface area contributed by atoms with E-state index in [1.807, 2.05) is 6.08 Å². The molecule has 0 heterocycles. The molecular weight excluding hydrogens is 192 g/mol. The van der Waals surface area contributed by atoms with Crippen molar-refractivity contribution in [2.75, 3.05) is 0 Å². The molecule has 0 N–H and O–H groups in total. The summed E-state index contributed by atoms with van der Waals surface area (Å²) in [4.78, 5) is 0. The first-order valence-corrected chi connectivity index (χ1v) is 6.13. The van der Waals surface area contributed by atoms with Gasteiger partial charge >= 0.3 is 0 Å². The summed E-state index contributed by atoms with van der Waals surface area (Å²) in [7, 11) is 0. The summed E-state index contributed by atoms with van der Waals surface area (Å²) in [6.45, 7) is 12.4. The average molecular weight is 218 g/mol. The Bertz CT molecular complexity index is 283. The molecule has 0 aliphatic heterocycles. The van der Waals surface area contributed by atoms with Crippen LogP contribution in [0.4, 0.5) is 0 Å². The fourth-order valence-corrected chi connectivity index (χ4v) is 1.52. The molecule has 90 valence electrons. The van der Waals surface area contributed by atoms with Gasteiger partial charge in [0.25, 0.3) is 0 Å². The maximum Gasteiger partial charge on any atom is -0.0285 e. The van der Waals surface area contributed by atoms with Crippen molar-refractivity contribution in [1.29, 1.82) is 0 Å². The van der Waals surface area contributed by atoms with Crippen LogP contribution in [0, 0.1) is 0 Å². The van der Waals surface area contributed by atoms with Gasteiger partial charge < -0.3 is 0 Å². The molecule has 0 aromatic carbocycles. The number of allylic oxidation sites excluding steroid dienone is 7. The Balaban J connectivity index is 3.83. The molecule has 0 rings (SSSR count). The van der Waals surface area contributed by atoms with Gasteiger partial charge in [-0.15, -0.1) is 0 Å². The summed E-state index contributed by atoms with van der Waals surface area (Å²) in [5.41, 5.74) is 4.32. The average Bonchev–Trinajstić information content (AvgIpc) is 2.17. The summed E-state index contributed by atoms with van der Waals surface area (Å²) < 4.78 is 0. The first-order valence-electron chi connectivity index (χ1n) is 6.13. The molecule has 0 heteroatoms. The van der Waals surface area contributed by atoms with Crippen LogP contribution in [0.3, 0.4) is 0 Å². The molecule has 0 unspecified atom stereocenters. The second-order valence-electron chi connectivity index (χ2n) is 4.66. The molecule has 0 aliphatic rings.